The first-order chi connectivity index (χ1) is 18.6. The number of amides is 1. The van der Waals surface area contributed by atoms with Gasteiger partial charge in [-0.2, -0.15) is 0 Å². The molecular formula is C30H26N4O4. The van der Waals surface area contributed by atoms with E-state index in [4.69, 9.17) is 9.15 Å². The number of carbonyl (C=O) groups excluding carboxylic acids is 1. The highest BCUT2D eigenvalue weighted by atomic mass is 16.5. The zero-order valence-corrected chi connectivity index (χ0v) is 21.0. The third kappa shape index (κ3) is 4.45. The van der Waals surface area contributed by atoms with Crippen LogP contribution in [0.1, 0.15) is 17.3 Å². The number of nitrogens with zero attached hydrogens (tertiary/aromatic N) is 4. The Kier molecular flexibility index (Phi) is 6.21. The summed E-state index contributed by atoms with van der Waals surface area (Å²) in [5, 5.41) is 11.9. The van der Waals surface area contributed by atoms with Crippen molar-refractivity contribution in [2.45, 2.75) is 6.92 Å². The van der Waals surface area contributed by atoms with Gasteiger partial charge in [-0.15, -0.1) is 10.2 Å². The Hall–Kier alpha value is -4.72. The molecular weight excluding hydrogens is 480 g/mol. The lowest BCUT2D eigenvalue weighted by Gasteiger charge is -2.35. The molecule has 190 valence electrons. The molecule has 1 amide bonds. The molecule has 1 aliphatic rings. The van der Waals surface area contributed by atoms with Gasteiger partial charge in [-0.25, -0.2) is 4.79 Å². The predicted molar refractivity (Wildman–Crippen MR) is 147 cm³/mol. The summed E-state index contributed by atoms with van der Waals surface area (Å²) in [6.45, 7) is 4.41. The quantitative estimate of drug-likeness (QED) is 0.318. The lowest BCUT2D eigenvalue weighted by Crippen LogP contribution is -2.49. The molecule has 0 saturated carbocycles. The van der Waals surface area contributed by atoms with E-state index >= 15 is 0 Å². The predicted octanol–water partition coefficient (Wildman–Crippen LogP) is 4.76. The average Bonchev–Trinajstić information content (AvgIpc) is 2.97. The van der Waals surface area contributed by atoms with Gasteiger partial charge >= 0.3 is 5.63 Å². The van der Waals surface area contributed by atoms with Crippen molar-refractivity contribution in [3.05, 3.63) is 94.8 Å². The molecule has 1 aliphatic heterocycles. The number of carbonyl (C=O) groups is 1. The summed E-state index contributed by atoms with van der Waals surface area (Å²) in [4.78, 5) is 29.7. The van der Waals surface area contributed by atoms with Gasteiger partial charge in [-0.3, -0.25) is 4.79 Å². The minimum Gasteiger partial charge on any atom is -0.490 e. The van der Waals surface area contributed by atoms with Crippen LogP contribution in [0.15, 0.2) is 88.1 Å². The number of para-hydroxylation sites is 1. The molecule has 8 heteroatoms. The number of hydrogen-bond acceptors (Lipinski definition) is 7. The highest BCUT2D eigenvalue weighted by Gasteiger charge is 2.26. The van der Waals surface area contributed by atoms with Crippen LogP contribution in [-0.2, 0) is 0 Å². The molecule has 0 unspecified atom stereocenters. The molecule has 0 spiro atoms. The normalized spacial score (nSPS) is 13.7. The van der Waals surface area contributed by atoms with E-state index in [0.717, 1.165) is 22.5 Å². The third-order valence-corrected chi connectivity index (χ3v) is 6.84. The molecule has 3 heterocycles. The number of benzene rings is 3. The Morgan fingerprint density at radius 1 is 0.868 bits per heavy atom. The van der Waals surface area contributed by atoms with E-state index in [1.54, 1.807) is 23.1 Å². The fourth-order valence-electron chi connectivity index (χ4n) is 4.84. The van der Waals surface area contributed by atoms with Gasteiger partial charge in [-0.1, -0.05) is 48.5 Å². The largest absolute Gasteiger partial charge is 0.490 e. The van der Waals surface area contributed by atoms with Gasteiger partial charge in [0.1, 0.15) is 5.56 Å². The average molecular weight is 507 g/mol. The smallest absolute Gasteiger partial charge is 0.349 e. The van der Waals surface area contributed by atoms with Crippen molar-refractivity contribution >= 4 is 33.5 Å². The summed E-state index contributed by atoms with van der Waals surface area (Å²) >= 11 is 0. The summed E-state index contributed by atoms with van der Waals surface area (Å²) in [6, 6.07) is 25.4. The van der Waals surface area contributed by atoms with E-state index in [0.29, 0.717) is 49.5 Å². The monoisotopic (exact) mass is 506 g/mol. The fraction of sp³-hybridized carbons (Fsp3) is 0.200. The van der Waals surface area contributed by atoms with Crippen LogP contribution in [0.25, 0.3) is 33.0 Å². The van der Waals surface area contributed by atoms with Crippen molar-refractivity contribution in [3.8, 4) is 17.0 Å². The number of anilines is 1. The van der Waals surface area contributed by atoms with Gasteiger partial charge < -0.3 is 19.0 Å². The van der Waals surface area contributed by atoms with E-state index in [1.807, 2.05) is 37.3 Å². The van der Waals surface area contributed by atoms with Crippen molar-refractivity contribution in [1.29, 1.82) is 0 Å². The van der Waals surface area contributed by atoms with E-state index in [-0.39, 0.29) is 11.5 Å². The number of rotatable bonds is 5. The van der Waals surface area contributed by atoms with Crippen molar-refractivity contribution in [2.24, 2.45) is 0 Å². The Morgan fingerprint density at radius 3 is 2.42 bits per heavy atom. The van der Waals surface area contributed by atoms with E-state index in [9.17, 15) is 9.59 Å². The van der Waals surface area contributed by atoms with Crippen LogP contribution in [0, 0.1) is 0 Å². The Balaban J connectivity index is 1.14. The molecule has 0 bridgehead atoms. The molecule has 6 rings (SSSR count). The topological polar surface area (TPSA) is 88.8 Å². The van der Waals surface area contributed by atoms with Crippen molar-refractivity contribution in [3.63, 3.8) is 0 Å². The summed E-state index contributed by atoms with van der Waals surface area (Å²) in [6.07, 6.45) is 0. The first-order valence-electron chi connectivity index (χ1n) is 12.7. The molecule has 0 N–H and O–H groups in total. The van der Waals surface area contributed by atoms with Crippen LogP contribution < -0.4 is 15.3 Å². The molecule has 8 nitrogen and oxygen atoms in total. The van der Waals surface area contributed by atoms with Crippen LogP contribution in [0.3, 0.4) is 0 Å². The van der Waals surface area contributed by atoms with Gasteiger partial charge in [0.15, 0.2) is 17.2 Å². The maximum atomic E-state index is 13.2. The molecule has 2 aromatic heterocycles. The van der Waals surface area contributed by atoms with Crippen LogP contribution >= 0.6 is 0 Å². The second kappa shape index (κ2) is 9.97. The second-order valence-electron chi connectivity index (χ2n) is 9.17. The number of piperazine rings is 1. The molecule has 1 saturated heterocycles. The highest BCUT2D eigenvalue weighted by molar-refractivity contribution is 5.97. The lowest BCUT2D eigenvalue weighted by molar-refractivity contribution is 0.0742. The number of aromatic nitrogens is 2. The standard InChI is InChI=1S/C30H26N4O4/c1-2-37-26-9-5-8-23-19-24(30(36)38-28(23)26)29(35)34-16-14-33(15-17-34)27-13-12-25(31-32-27)22-11-10-20-6-3-4-7-21(20)18-22/h3-13,18-19H,2,14-17H2,1H3. The summed E-state index contributed by atoms with van der Waals surface area (Å²) in [5.41, 5.74) is 1.54. The van der Waals surface area contributed by atoms with Crippen LogP contribution in [0.5, 0.6) is 5.75 Å². The van der Waals surface area contributed by atoms with Crippen molar-refractivity contribution < 1.29 is 13.9 Å². The van der Waals surface area contributed by atoms with Crippen molar-refractivity contribution in [2.75, 3.05) is 37.7 Å². The van der Waals surface area contributed by atoms with Gasteiger partial charge in [0.25, 0.3) is 5.91 Å². The zero-order valence-electron chi connectivity index (χ0n) is 21.0. The molecule has 0 atom stereocenters. The van der Waals surface area contributed by atoms with Crippen LogP contribution in [0.4, 0.5) is 5.82 Å². The maximum Gasteiger partial charge on any atom is 0.349 e. The summed E-state index contributed by atoms with van der Waals surface area (Å²) < 4.78 is 11.0. The zero-order chi connectivity index (χ0) is 26.1. The Morgan fingerprint density at radius 2 is 1.66 bits per heavy atom. The maximum absolute atomic E-state index is 13.2. The molecule has 5 aromatic rings. The lowest BCUT2D eigenvalue weighted by atomic mass is 10.1. The Bertz CT molecular complexity index is 1690. The highest BCUT2D eigenvalue weighted by Crippen LogP contribution is 2.26. The van der Waals surface area contributed by atoms with Gasteiger partial charge in [-0.05, 0) is 48.0 Å². The molecule has 0 radical (unpaired) electrons. The van der Waals surface area contributed by atoms with E-state index in [2.05, 4.69) is 45.4 Å². The number of hydrogen-bond donors (Lipinski definition) is 0. The SMILES string of the molecule is CCOc1cccc2cc(C(=O)N3CCN(c4ccc(-c5ccc6ccccc6c5)nn4)CC3)c(=O)oc12. The molecule has 38 heavy (non-hydrogen) atoms. The van der Waals surface area contributed by atoms with Gasteiger partial charge in [0.05, 0.1) is 12.3 Å². The minimum atomic E-state index is -0.660. The first-order valence-corrected chi connectivity index (χ1v) is 12.7. The fourth-order valence-corrected chi connectivity index (χ4v) is 4.84. The van der Waals surface area contributed by atoms with Gasteiger partial charge in [0.2, 0.25) is 0 Å². The number of fused-ring (bicyclic) bond motifs is 2. The van der Waals surface area contributed by atoms with Gasteiger partial charge in [0, 0.05) is 37.1 Å². The Labute approximate surface area is 219 Å². The molecule has 3 aromatic carbocycles. The molecule has 1 fully saturated rings. The second-order valence-corrected chi connectivity index (χ2v) is 9.17. The third-order valence-electron chi connectivity index (χ3n) is 6.84. The van der Waals surface area contributed by atoms with E-state index < -0.39 is 5.63 Å². The number of ether oxygens (including phenoxy) is 1. The minimum absolute atomic E-state index is 0.0270. The summed E-state index contributed by atoms with van der Waals surface area (Å²) in [7, 11) is 0. The summed E-state index contributed by atoms with van der Waals surface area (Å²) in [5.74, 6) is 0.914. The van der Waals surface area contributed by atoms with Crippen LogP contribution in [-0.4, -0.2) is 53.8 Å². The van der Waals surface area contributed by atoms with Crippen LogP contribution in [0.2, 0.25) is 0 Å². The first kappa shape index (κ1) is 23.7. The molecule has 0 aliphatic carbocycles. The van der Waals surface area contributed by atoms with Crippen molar-refractivity contribution in [1.82, 2.24) is 15.1 Å². The van der Waals surface area contributed by atoms with E-state index in [1.165, 1.54) is 5.39 Å².